The first kappa shape index (κ1) is 17.7. The molecule has 2 amide bonds. The van der Waals surface area contributed by atoms with Crippen molar-refractivity contribution in [3.05, 3.63) is 65.2 Å². The predicted octanol–water partition coefficient (Wildman–Crippen LogP) is 2.47. The Kier molecular flexibility index (Phi) is 5.31. The Morgan fingerprint density at radius 2 is 1.58 bits per heavy atom. The van der Waals surface area contributed by atoms with Crippen LogP contribution < -0.4 is 4.74 Å². The van der Waals surface area contributed by atoms with Gasteiger partial charge in [-0.25, -0.2) is 0 Å². The lowest BCUT2D eigenvalue weighted by Crippen LogP contribution is -2.31. The van der Waals surface area contributed by atoms with Crippen LogP contribution in [0.15, 0.2) is 48.5 Å². The summed E-state index contributed by atoms with van der Waals surface area (Å²) in [5.74, 6) is -0.217. The van der Waals surface area contributed by atoms with Crippen molar-refractivity contribution in [2.75, 3.05) is 20.3 Å². The van der Waals surface area contributed by atoms with Gasteiger partial charge in [-0.2, -0.15) is 0 Å². The van der Waals surface area contributed by atoms with Crippen molar-refractivity contribution in [3.63, 3.8) is 0 Å². The van der Waals surface area contributed by atoms with Gasteiger partial charge in [0.05, 0.1) is 31.3 Å². The molecule has 26 heavy (non-hydrogen) atoms. The number of carbonyl (C=O) groups excluding carboxylic acids is 3. The van der Waals surface area contributed by atoms with E-state index in [4.69, 9.17) is 9.47 Å². The molecule has 0 fully saturated rings. The lowest BCUT2D eigenvalue weighted by molar-refractivity contribution is -0.142. The fourth-order valence-corrected chi connectivity index (χ4v) is 2.81. The van der Waals surface area contributed by atoms with Crippen LogP contribution in [0.3, 0.4) is 0 Å². The van der Waals surface area contributed by atoms with Gasteiger partial charge in [0.2, 0.25) is 0 Å². The van der Waals surface area contributed by atoms with E-state index in [1.165, 1.54) is 4.90 Å². The summed E-state index contributed by atoms with van der Waals surface area (Å²) < 4.78 is 10.3. The number of hydrogen-bond acceptors (Lipinski definition) is 5. The molecule has 2 aromatic rings. The van der Waals surface area contributed by atoms with Crippen LogP contribution in [0.1, 0.15) is 32.7 Å². The molecule has 0 aromatic heterocycles. The van der Waals surface area contributed by atoms with Gasteiger partial charge in [0.15, 0.2) is 0 Å². The van der Waals surface area contributed by atoms with E-state index in [-0.39, 0.29) is 37.4 Å². The SMILES string of the molecule is COc1ccc(CC(=O)OCCCN2C(=O)c3ccccc3C2=O)cc1. The standard InChI is InChI=1S/C20H19NO5/c1-25-15-9-7-14(8-10-15)13-18(22)26-12-4-11-21-19(23)16-5-2-3-6-17(16)20(21)24/h2-3,5-10H,4,11-13H2,1H3. The Balaban J connectivity index is 1.43. The van der Waals surface area contributed by atoms with Crippen LogP contribution in [0, 0.1) is 0 Å². The average molecular weight is 353 g/mol. The van der Waals surface area contributed by atoms with E-state index in [0.717, 1.165) is 11.3 Å². The van der Waals surface area contributed by atoms with Crippen molar-refractivity contribution in [3.8, 4) is 5.75 Å². The average Bonchev–Trinajstić information content (AvgIpc) is 2.91. The largest absolute Gasteiger partial charge is 0.497 e. The normalized spacial score (nSPS) is 12.9. The fraction of sp³-hybridized carbons (Fsp3) is 0.250. The number of imide groups is 1. The van der Waals surface area contributed by atoms with Crippen LogP contribution in [0.4, 0.5) is 0 Å². The second-order valence-electron chi connectivity index (χ2n) is 5.91. The van der Waals surface area contributed by atoms with Gasteiger partial charge in [-0.05, 0) is 36.2 Å². The van der Waals surface area contributed by atoms with Crippen LogP contribution >= 0.6 is 0 Å². The Labute approximate surface area is 151 Å². The van der Waals surface area contributed by atoms with Crippen LogP contribution in [0.25, 0.3) is 0 Å². The lowest BCUT2D eigenvalue weighted by atomic mass is 10.1. The van der Waals surface area contributed by atoms with Crippen molar-refractivity contribution in [2.24, 2.45) is 0 Å². The highest BCUT2D eigenvalue weighted by Crippen LogP contribution is 2.22. The van der Waals surface area contributed by atoms with E-state index in [1.54, 1.807) is 55.6 Å². The minimum atomic E-state index is -0.350. The number of amides is 2. The van der Waals surface area contributed by atoms with Gasteiger partial charge >= 0.3 is 5.97 Å². The molecule has 0 bridgehead atoms. The summed E-state index contributed by atoms with van der Waals surface area (Å²) in [4.78, 5) is 37.5. The zero-order valence-electron chi connectivity index (χ0n) is 14.4. The molecule has 1 heterocycles. The summed E-state index contributed by atoms with van der Waals surface area (Å²) in [5, 5.41) is 0. The van der Waals surface area contributed by atoms with E-state index in [1.807, 2.05) is 0 Å². The van der Waals surface area contributed by atoms with Gasteiger partial charge in [-0.3, -0.25) is 19.3 Å². The molecule has 1 aliphatic rings. The number of methoxy groups -OCH3 is 1. The molecule has 0 spiro atoms. The Hall–Kier alpha value is -3.15. The molecular formula is C20H19NO5. The Morgan fingerprint density at radius 3 is 2.15 bits per heavy atom. The van der Waals surface area contributed by atoms with E-state index in [9.17, 15) is 14.4 Å². The molecule has 134 valence electrons. The van der Waals surface area contributed by atoms with E-state index >= 15 is 0 Å². The number of esters is 1. The monoisotopic (exact) mass is 353 g/mol. The van der Waals surface area contributed by atoms with Crippen molar-refractivity contribution in [1.29, 1.82) is 0 Å². The predicted molar refractivity (Wildman–Crippen MR) is 94.1 cm³/mol. The highest BCUT2D eigenvalue weighted by molar-refractivity contribution is 6.21. The second kappa shape index (κ2) is 7.82. The summed E-state index contributed by atoms with van der Waals surface area (Å²) in [7, 11) is 1.58. The molecule has 0 saturated carbocycles. The van der Waals surface area contributed by atoms with Crippen molar-refractivity contribution < 1.29 is 23.9 Å². The lowest BCUT2D eigenvalue weighted by Gasteiger charge is -2.13. The third-order valence-electron chi connectivity index (χ3n) is 4.17. The van der Waals surface area contributed by atoms with Gasteiger partial charge in [-0.1, -0.05) is 24.3 Å². The van der Waals surface area contributed by atoms with Crippen LogP contribution in [-0.4, -0.2) is 42.9 Å². The van der Waals surface area contributed by atoms with E-state index in [2.05, 4.69) is 0 Å². The van der Waals surface area contributed by atoms with E-state index in [0.29, 0.717) is 17.5 Å². The fourth-order valence-electron chi connectivity index (χ4n) is 2.81. The van der Waals surface area contributed by atoms with Crippen LogP contribution in [-0.2, 0) is 16.0 Å². The zero-order valence-corrected chi connectivity index (χ0v) is 14.4. The third-order valence-corrected chi connectivity index (χ3v) is 4.17. The highest BCUT2D eigenvalue weighted by atomic mass is 16.5. The van der Waals surface area contributed by atoms with Crippen LogP contribution in [0.2, 0.25) is 0 Å². The molecule has 6 nitrogen and oxygen atoms in total. The molecule has 3 rings (SSSR count). The first-order chi connectivity index (χ1) is 12.6. The molecule has 0 unspecified atom stereocenters. The summed E-state index contributed by atoms with van der Waals surface area (Å²) in [6.07, 6.45) is 0.566. The van der Waals surface area contributed by atoms with Crippen molar-refractivity contribution >= 4 is 17.8 Å². The number of nitrogens with zero attached hydrogens (tertiary/aromatic N) is 1. The molecule has 0 N–H and O–H groups in total. The summed E-state index contributed by atoms with van der Waals surface area (Å²) in [5.41, 5.74) is 1.68. The maximum absolute atomic E-state index is 12.2. The molecule has 2 aromatic carbocycles. The molecule has 1 aliphatic heterocycles. The number of hydrogen-bond donors (Lipinski definition) is 0. The molecule has 0 atom stereocenters. The number of benzene rings is 2. The van der Waals surface area contributed by atoms with Crippen molar-refractivity contribution in [1.82, 2.24) is 4.90 Å². The summed E-state index contributed by atoms with van der Waals surface area (Å²) >= 11 is 0. The second-order valence-corrected chi connectivity index (χ2v) is 5.91. The number of rotatable bonds is 7. The smallest absolute Gasteiger partial charge is 0.310 e. The molecular weight excluding hydrogens is 334 g/mol. The topological polar surface area (TPSA) is 72.9 Å². The minimum Gasteiger partial charge on any atom is -0.497 e. The van der Waals surface area contributed by atoms with Gasteiger partial charge in [0, 0.05) is 6.54 Å². The first-order valence-electron chi connectivity index (χ1n) is 8.34. The molecule has 0 saturated heterocycles. The van der Waals surface area contributed by atoms with Crippen molar-refractivity contribution in [2.45, 2.75) is 12.8 Å². The number of ether oxygens (including phenoxy) is 2. The van der Waals surface area contributed by atoms with Gasteiger partial charge < -0.3 is 9.47 Å². The zero-order chi connectivity index (χ0) is 18.5. The Bertz CT molecular complexity index is 793. The first-order valence-corrected chi connectivity index (χ1v) is 8.34. The quantitative estimate of drug-likeness (QED) is 0.434. The van der Waals surface area contributed by atoms with E-state index < -0.39 is 0 Å². The maximum atomic E-state index is 12.2. The molecule has 0 radical (unpaired) electrons. The number of fused-ring (bicyclic) bond motifs is 1. The highest BCUT2D eigenvalue weighted by Gasteiger charge is 2.34. The van der Waals surface area contributed by atoms with Gasteiger partial charge in [-0.15, -0.1) is 0 Å². The molecule has 0 aliphatic carbocycles. The minimum absolute atomic E-state index is 0.155. The maximum Gasteiger partial charge on any atom is 0.310 e. The third kappa shape index (κ3) is 3.74. The van der Waals surface area contributed by atoms with Gasteiger partial charge in [0.25, 0.3) is 11.8 Å². The van der Waals surface area contributed by atoms with Crippen LogP contribution in [0.5, 0.6) is 5.75 Å². The van der Waals surface area contributed by atoms with Gasteiger partial charge in [0.1, 0.15) is 5.75 Å². The molecule has 6 heteroatoms. The summed E-state index contributed by atoms with van der Waals surface area (Å²) in [6.45, 7) is 0.380. The number of carbonyl (C=O) groups is 3. The Morgan fingerprint density at radius 1 is 0.962 bits per heavy atom. The summed E-state index contributed by atoms with van der Waals surface area (Å²) in [6, 6.07) is 13.9.